The fourth-order valence-electron chi connectivity index (χ4n) is 3.54. The largest absolute Gasteiger partial charge is 0.490 e. The van der Waals surface area contributed by atoms with Crippen LogP contribution in [0.3, 0.4) is 0 Å². The predicted octanol–water partition coefficient (Wildman–Crippen LogP) is 6.76. The van der Waals surface area contributed by atoms with Crippen molar-refractivity contribution in [3.63, 3.8) is 0 Å². The molecule has 1 unspecified atom stereocenters. The molecule has 0 fully saturated rings. The summed E-state index contributed by atoms with van der Waals surface area (Å²) in [5.74, 6) is 0.592. The van der Waals surface area contributed by atoms with E-state index in [0.29, 0.717) is 0 Å². The van der Waals surface area contributed by atoms with Crippen molar-refractivity contribution in [1.29, 1.82) is 0 Å². The van der Waals surface area contributed by atoms with Crippen LogP contribution in [-0.4, -0.2) is 24.8 Å². The Kier molecular flexibility index (Phi) is 13.3. The average Bonchev–Trinajstić information content (AvgIpc) is 2.67. The highest BCUT2D eigenvalue weighted by molar-refractivity contribution is 7.85. The van der Waals surface area contributed by atoms with Gasteiger partial charge in [-0.25, -0.2) is 0 Å². The first-order chi connectivity index (χ1) is 13.9. The maximum absolute atomic E-state index is 11.0. The third-order valence-corrected chi connectivity index (χ3v) is 6.11. The second-order valence-corrected chi connectivity index (χ2v) is 9.85. The second kappa shape index (κ2) is 14.8. The first kappa shape index (κ1) is 26.0. The van der Waals surface area contributed by atoms with Gasteiger partial charge >= 0.3 is 0 Å². The Labute approximate surface area is 179 Å². The van der Waals surface area contributed by atoms with E-state index in [1.165, 1.54) is 68.9 Å². The summed E-state index contributed by atoms with van der Waals surface area (Å²) in [6, 6.07) is 6.47. The third-order valence-electron chi connectivity index (χ3n) is 5.35. The maximum atomic E-state index is 11.0. The van der Waals surface area contributed by atoms with Crippen molar-refractivity contribution in [3.05, 3.63) is 29.3 Å². The molecule has 0 aliphatic heterocycles. The molecule has 0 aliphatic carbocycles. The third kappa shape index (κ3) is 13.0. The summed E-state index contributed by atoms with van der Waals surface area (Å²) >= 11 is 0. The minimum Gasteiger partial charge on any atom is -0.490 e. The van der Waals surface area contributed by atoms with E-state index in [0.717, 1.165) is 25.0 Å². The van der Waals surface area contributed by atoms with Gasteiger partial charge in [0.05, 0.1) is 11.9 Å². The van der Waals surface area contributed by atoms with Crippen LogP contribution in [0, 0.1) is 0 Å². The van der Waals surface area contributed by atoms with Crippen molar-refractivity contribution in [2.24, 2.45) is 0 Å². The number of aryl methyl sites for hydroxylation is 2. The van der Waals surface area contributed by atoms with E-state index < -0.39 is 10.1 Å². The molecule has 1 N–H and O–H groups in total. The number of benzene rings is 1. The van der Waals surface area contributed by atoms with Crippen LogP contribution in [0.1, 0.15) is 103 Å². The van der Waals surface area contributed by atoms with Gasteiger partial charge in [0, 0.05) is 6.42 Å². The lowest BCUT2D eigenvalue weighted by atomic mass is 9.99. The smallest absolute Gasteiger partial charge is 0.264 e. The molecule has 0 aliphatic rings. The quantitative estimate of drug-likeness (QED) is 0.221. The van der Waals surface area contributed by atoms with Crippen molar-refractivity contribution in [2.45, 2.75) is 110 Å². The highest BCUT2D eigenvalue weighted by Gasteiger charge is 2.13. The molecule has 1 aromatic carbocycles. The molecule has 4 nitrogen and oxygen atoms in total. The number of ether oxygens (including phenoxy) is 1. The summed E-state index contributed by atoms with van der Waals surface area (Å²) in [6.07, 6.45) is 14.7. The Bertz CT molecular complexity index is 655. The molecule has 0 spiro atoms. The molecule has 1 aromatic rings. The number of unbranched alkanes of at least 4 members (excludes halogenated alkanes) is 8. The van der Waals surface area contributed by atoms with Gasteiger partial charge in [0.15, 0.2) is 0 Å². The molecule has 0 bridgehead atoms. The molecule has 0 radical (unpaired) electrons. The monoisotopic (exact) mass is 426 g/mol. The molecule has 0 heterocycles. The fourth-order valence-corrected chi connectivity index (χ4v) is 4.17. The van der Waals surface area contributed by atoms with Crippen molar-refractivity contribution >= 4 is 10.1 Å². The van der Waals surface area contributed by atoms with Gasteiger partial charge in [0.1, 0.15) is 5.75 Å². The van der Waals surface area contributed by atoms with Crippen LogP contribution in [0.25, 0.3) is 0 Å². The van der Waals surface area contributed by atoms with E-state index in [2.05, 4.69) is 26.0 Å². The zero-order valence-electron chi connectivity index (χ0n) is 18.8. The van der Waals surface area contributed by atoms with E-state index in [1.54, 1.807) is 0 Å². The van der Waals surface area contributed by atoms with Gasteiger partial charge in [-0.3, -0.25) is 4.55 Å². The van der Waals surface area contributed by atoms with Gasteiger partial charge in [-0.15, -0.1) is 0 Å². The normalized spacial score (nSPS) is 12.8. The molecular weight excluding hydrogens is 384 g/mol. The van der Waals surface area contributed by atoms with Crippen LogP contribution >= 0.6 is 0 Å². The Morgan fingerprint density at radius 3 is 2.07 bits per heavy atom. The molecule has 5 heteroatoms. The van der Waals surface area contributed by atoms with E-state index in [1.807, 2.05) is 13.0 Å². The first-order valence-electron chi connectivity index (χ1n) is 11.6. The molecular formula is C24H42O4S. The highest BCUT2D eigenvalue weighted by atomic mass is 32.2. The summed E-state index contributed by atoms with van der Waals surface area (Å²) in [5.41, 5.74) is 2.59. The summed E-state index contributed by atoms with van der Waals surface area (Å²) in [6.45, 7) is 6.32. The Balaban J connectivity index is 2.69. The standard InChI is InChI=1S/C24H42O4S/c1-4-6-8-10-12-14-22-16-17-24(28-21(3)18-19-29(25,26)27)23(20-22)15-13-11-9-7-5-2/h16-17,20-21H,4-15,18-19H2,1-3H3,(H,25,26,27). The van der Waals surface area contributed by atoms with E-state index >= 15 is 0 Å². The van der Waals surface area contributed by atoms with Crippen LogP contribution in [-0.2, 0) is 23.0 Å². The zero-order chi connectivity index (χ0) is 21.5. The Morgan fingerprint density at radius 2 is 1.48 bits per heavy atom. The Hall–Kier alpha value is -1.07. The lowest BCUT2D eigenvalue weighted by molar-refractivity contribution is 0.215. The minimum atomic E-state index is -3.95. The van der Waals surface area contributed by atoms with Crippen molar-refractivity contribution < 1.29 is 17.7 Å². The predicted molar refractivity (Wildman–Crippen MR) is 122 cm³/mol. The summed E-state index contributed by atoms with van der Waals surface area (Å²) < 4.78 is 37.0. The minimum absolute atomic E-state index is 0.254. The van der Waals surface area contributed by atoms with Gasteiger partial charge in [-0.2, -0.15) is 8.42 Å². The summed E-state index contributed by atoms with van der Waals surface area (Å²) in [5, 5.41) is 0. The van der Waals surface area contributed by atoms with Gasteiger partial charge in [-0.1, -0.05) is 77.3 Å². The van der Waals surface area contributed by atoms with E-state index in [9.17, 15) is 8.42 Å². The molecule has 0 amide bonds. The lowest BCUT2D eigenvalue weighted by Crippen LogP contribution is -2.18. The van der Waals surface area contributed by atoms with E-state index in [4.69, 9.17) is 9.29 Å². The van der Waals surface area contributed by atoms with Crippen LogP contribution in [0.2, 0.25) is 0 Å². The molecule has 1 atom stereocenters. The number of rotatable bonds is 17. The molecule has 0 saturated heterocycles. The van der Waals surface area contributed by atoms with Gasteiger partial charge in [0.25, 0.3) is 10.1 Å². The molecule has 0 aromatic heterocycles. The summed E-state index contributed by atoms with van der Waals surface area (Å²) in [4.78, 5) is 0. The molecule has 1 rings (SSSR count). The first-order valence-corrected chi connectivity index (χ1v) is 13.2. The van der Waals surface area contributed by atoms with Gasteiger partial charge in [-0.05, 0) is 49.8 Å². The SMILES string of the molecule is CCCCCCCc1ccc(OC(C)CCS(=O)(=O)O)c(CCCCCCC)c1. The Morgan fingerprint density at radius 1 is 0.897 bits per heavy atom. The average molecular weight is 427 g/mol. The van der Waals surface area contributed by atoms with Crippen LogP contribution in [0.5, 0.6) is 5.75 Å². The van der Waals surface area contributed by atoms with Crippen molar-refractivity contribution in [3.8, 4) is 5.75 Å². The fraction of sp³-hybridized carbons (Fsp3) is 0.750. The molecule has 0 saturated carbocycles. The number of hydrogen-bond acceptors (Lipinski definition) is 3. The summed E-state index contributed by atoms with van der Waals surface area (Å²) in [7, 11) is -3.95. The van der Waals surface area contributed by atoms with Crippen molar-refractivity contribution in [1.82, 2.24) is 0 Å². The topological polar surface area (TPSA) is 63.6 Å². The van der Waals surface area contributed by atoms with Crippen LogP contribution < -0.4 is 4.74 Å². The highest BCUT2D eigenvalue weighted by Crippen LogP contribution is 2.25. The molecule has 168 valence electrons. The lowest BCUT2D eigenvalue weighted by Gasteiger charge is -2.18. The maximum Gasteiger partial charge on any atom is 0.264 e. The van der Waals surface area contributed by atoms with Crippen molar-refractivity contribution in [2.75, 3.05) is 5.75 Å². The number of hydrogen-bond donors (Lipinski definition) is 1. The van der Waals surface area contributed by atoms with Crippen LogP contribution in [0.4, 0.5) is 0 Å². The zero-order valence-corrected chi connectivity index (χ0v) is 19.6. The van der Waals surface area contributed by atoms with Gasteiger partial charge < -0.3 is 4.74 Å². The van der Waals surface area contributed by atoms with Crippen LogP contribution in [0.15, 0.2) is 18.2 Å². The van der Waals surface area contributed by atoms with E-state index in [-0.39, 0.29) is 18.3 Å². The van der Waals surface area contributed by atoms with Gasteiger partial charge in [0.2, 0.25) is 0 Å². The second-order valence-electron chi connectivity index (χ2n) is 8.27. The molecule has 29 heavy (non-hydrogen) atoms.